The van der Waals surface area contributed by atoms with Crippen molar-refractivity contribution in [1.29, 1.82) is 0 Å². The smallest absolute Gasteiger partial charge is 0.343 e. The molecule has 210 valence electrons. The number of rotatable bonds is 4. The molecule has 3 heterocycles. The van der Waals surface area contributed by atoms with E-state index < -0.39 is 47.0 Å². The number of benzene rings is 1. The summed E-state index contributed by atoms with van der Waals surface area (Å²) in [6.07, 6.45) is 0.295. The van der Waals surface area contributed by atoms with E-state index in [1.807, 2.05) is 4.90 Å². The summed E-state index contributed by atoms with van der Waals surface area (Å²) in [5, 5.41) is 2.19. The van der Waals surface area contributed by atoms with Gasteiger partial charge in [-0.3, -0.25) is 24.3 Å². The molecule has 3 amide bonds. The number of alkyl halides is 3. The van der Waals surface area contributed by atoms with Crippen LogP contribution in [0.15, 0.2) is 55.1 Å². The zero-order chi connectivity index (χ0) is 29.0. The predicted molar refractivity (Wildman–Crippen MR) is 137 cm³/mol. The highest BCUT2D eigenvalue weighted by Gasteiger charge is 2.55. The zero-order valence-electron chi connectivity index (χ0n) is 22.0. The van der Waals surface area contributed by atoms with Crippen LogP contribution < -0.4 is 10.2 Å². The van der Waals surface area contributed by atoms with Crippen LogP contribution in [0.5, 0.6) is 0 Å². The molecule has 0 aliphatic carbocycles. The number of carbonyl (C=O) groups is 3. The van der Waals surface area contributed by atoms with Gasteiger partial charge >= 0.3 is 6.18 Å². The lowest BCUT2D eigenvalue weighted by atomic mass is 9.85. The van der Waals surface area contributed by atoms with Crippen LogP contribution in [0.25, 0.3) is 0 Å². The second kappa shape index (κ2) is 11.8. The molecular weight excluding hydrogens is 518 g/mol. The van der Waals surface area contributed by atoms with E-state index in [9.17, 15) is 31.9 Å². The van der Waals surface area contributed by atoms with Crippen molar-refractivity contribution in [3.63, 3.8) is 0 Å². The van der Waals surface area contributed by atoms with E-state index >= 15 is 0 Å². The Bertz CT molecular complexity index is 1230. The number of halogens is 4. The molecular formula is C27H31F4N5O3. The van der Waals surface area contributed by atoms with Gasteiger partial charge in [-0.2, -0.15) is 13.2 Å². The summed E-state index contributed by atoms with van der Waals surface area (Å²) in [6.45, 7) is 8.14. The third-order valence-corrected chi connectivity index (χ3v) is 6.58. The molecule has 0 unspecified atom stereocenters. The van der Waals surface area contributed by atoms with Crippen molar-refractivity contribution in [3.8, 4) is 0 Å². The fourth-order valence-electron chi connectivity index (χ4n) is 4.61. The van der Waals surface area contributed by atoms with Crippen molar-refractivity contribution in [2.24, 2.45) is 0 Å². The topological polar surface area (TPSA) is 85.8 Å². The summed E-state index contributed by atoms with van der Waals surface area (Å²) in [4.78, 5) is 47.0. The lowest BCUT2D eigenvalue weighted by Gasteiger charge is -2.43. The van der Waals surface area contributed by atoms with Crippen molar-refractivity contribution < 1.29 is 31.9 Å². The molecule has 12 heteroatoms. The van der Waals surface area contributed by atoms with Crippen LogP contribution in [0, 0.1) is 5.82 Å². The van der Waals surface area contributed by atoms with Gasteiger partial charge in [-0.1, -0.05) is 26.8 Å². The van der Waals surface area contributed by atoms with E-state index in [4.69, 9.17) is 0 Å². The standard InChI is InChI=1S/C24H23F4N5O3.C3H8/c1-15-31(2)22(36)23(33(15)17-5-9-29-10-6-17)7-11-32(12-8-23)20(34)14-30-21(35)18-13-16(24(26,27)28)3-4-19(18)25;1-3-2/h3-6,9-10,13H,1,7-8,11-12,14H2,2H3,(H,30,35);3H2,1-2H3. The van der Waals surface area contributed by atoms with Gasteiger partial charge in [0, 0.05) is 38.2 Å². The van der Waals surface area contributed by atoms with Gasteiger partial charge in [-0.15, -0.1) is 0 Å². The highest BCUT2D eigenvalue weighted by atomic mass is 19.4. The minimum absolute atomic E-state index is 0.148. The maximum atomic E-state index is 14.0. The van der Waals surface area contributed by atoms with Crippen molar-refractivity contribution in [3.05, 3.63) is 72.1 Å². The van der Waals surface area contributed by atoms with Crippen LogP contribution in [0.4, 0.5) is 23.2 Å². The highest BCUT2D eigenvalue weighted by Crippen LogP contribution is 2.43. The van der Waals surface area contributed by atoms with Crippen molar-refractivity contribution in [2.45, 2.75) is 44.8 Å². The van der Waals surface area contributed by atoms with Crippen LogP contribution in [0.2, 0.25) is 0 Å². The Balaban J connectivity index is 0.00000134. The van der Waals surface area contributed by atoms with Crippen LogP contribution in [-0.4, -0.2) is 64.7 Å². The average Bonchev–Trinajstić information content (AvgIpc) is 3.08. The maximum absolute atomic E-state index is 14.0. The number of pyridine rings is 1. The molecule has 2 aliphatic rings. The second-order valence-electron chi connectivity index (χ2n) is 9.32. The van der Waals surface area contributed by atoms with Gasteiger partial charge in [0.25, 0.3) is 11.8 Å². The Morgan fingerprint density at radius 1 is 1.10 bits per heavy atom. The molecule has 2 aliphatic heterocycles. The number of nitrogens with zero attached hydrogens (tertiary/aromatic N) is 4. The Hall–Kier alpha value is -3.96. The van der Waals surface area contributed by atoms with E-state index in [1.165, 1.54) is 16.2 Å². The molecule has 0 bridgehead atoms. The fourth-order valence-corrected chi connectivity index (χ4v) is 4.61. The summed E-state index contributed by atoms with van der Waals surface area (Å²) in [5.74, 6) is -2.41. The molecule has 2 saturated heterocycles. The molecule has 8 nitrogen and oxygen atoms in total. The Morgan fingerprint density at radius 3 is 2.26 bits per heavy atom. The summed E-state index contributed by atoms with van der Waals surface area (Å²) in [5.41, 5.74) is -2.17. The molecule has 4 rings (SSSR count). The Labute approximate surface area is 224 Å². The lowest BCUT2D eigenvalue weighted by molar-refractivity contribution is -0.137. The number of likely N-dealkylation sites (N-methyl/N-ethyl adjacent to an activating group) is 1. The molecule has 1 spiro atoms. The van der Waals surface area contributed by atoms with Gasteiger partial charge in [0.2, 0.25) is 5.91 Å². The zero-order valence-corrected chi connectivity index (χ0v) is 22.0. The van der Waals surface area contributed by atoms with E-state index in [0.717, 1.165) is 5.69 Å². The minimum atomic E-state index is -4.75. The SMILES string of the molecule is C=C1N(C)C(=O)C2(CCN(C(=O)CNC(=O)c3cc(C(F)(F)F)ccc3F)CC2)N1c1ccncc1.CCC. The first-order valence-corrected chi connectivity index (χ1v) is 12.5. The minimum Gasteiger partial charge on any atom is -0.343 e. The molecule has 1 aromatic heterocycles. The van der Waals surface area contributed by atoms with Gasteiger partial charge in [0.15, 0.2) is 0 Å². The third-order valence-electron chi connectivity index (χ3n) is 6.58. The van der Waals surface area contributed by atoms with Crippen molar-refractivity contribution in [2.75, 3.05) is 31.6 Å². The van der Waals surface area contributed by atoms with Crippen molar-refractivity contribution >= 4 is 23.4 Å². The first-order valence-electron chi connectivity index (χ1n) is 12.5. The average molecular weight is 550 g/mol. The first kappa shape index (κ1) is 29.6. The van der Waals surface area contributed by atoms with E-state index in [0.29, 0.717) is 36.9 Å². The number of hydrogen-bond donors (Lipinski definition) is 1. The highest BCUT2D eigenvalue weighted by molar-refractivity contribution is 5.98. The van der Waals surface area contributed by atoms with Crippen molar-refractivity contribution in [1.82, 2.24) is 20.1 Å². The normalized spacial score (nSPS) is 16.7. The first-order chi connectivity index (χ1) is 18.4. The Kier molecular flexibility index (Phi) is 8.98. The summed E-state index contributed by atoms with van der Waals surface area (Å²) in [7, 11) is 1.63. The van der Waals surface area contributed by atoms with Gasteiger partial charge in [-0.25, -0.2) is 4.39 Å². The molecule has 0 radical (unpaired) electrons. The summed E-state index contributed by atoms with van der Waals surface area (Å²) < 4.78 is 52.7. The lowest BCUT2D eigenvalue weighted by Crippen LogP contribution is -2.57. The summed E-state index contributed by atoms with van der Waals surface area (Å²) >= 11 is 0. The molecule has 39 heavy (non-hydrogen) atoms. The molecule has 0 saturated carbocycles. The molecule has 1 aromatic carbocycles. The van der Waals surface area contributed by atoms with Gasteiger partial charge < -0.3 is 15.1 Å². The van der Waals surface area contributed by atoms with E-state index in [2.05, 4.69) is 30.7 Å². The number of hydrogen-bond acceptors (Lipinski definition) is 5. The van der Waals surface area contributed by atoms with Crippen LogP contribution in [-0.2, 0) is 15.8 Å². The van der Waals surface area contributed by atoms with Crippen LogP contribution >= 0.6 is 0 Å². The Morgan fingerprint density at radius 2 is 1.69 bits per heavy atom. The number of nitrogens with one attached hydrogen (secondary N) is 1. The number of piperidine rings is 1. The van der Waals surface area contributed by atoms with E-state index in [-0.39, 0.29) is 19.0 Å². The number of amides is 3. The third kappa shape index (κ3) is 6.04. The number of likely N-dealkylation sites (tertiary alicyclic amines) is 1. The second-order valence-corrected chi connectivity index (χ2v) is 9.32. The fraction of sp³-hybridized carbons (Fsp3) is 0.407. The molecule has 0 atom stereocenters. The molecule has 2 fully saturated rings. The van der Waals surface area contributed by atoms with E-state index in [1.54, 1.807) is 31.6 Å². The van der Waals surface area contributed by atoms with Gasteiger partial charge in [0.05, 0.1) is 17.7 Å². The van der Waals surface area contributed by atoms with Gasteiger partial charge in [-0.05, 0) is 43.2 Å². The predicted octanol–water partition coefficient (Wildman–Crippen LogP) is 4.20. The monoisotopic (exact) mass is 549 g/mol. The molecule has 1 N–H and O–H groups in total. The number of anilines is 1. The van der Waals surface area contributed by atoms with Crippen LogP contribution in [0.3, 0.4) is 0 Å². The summed E-state index contributed by atoms with van der Waals surface area (Å²) in [6, 6.07) is 5.02. The molecule has 2 aromatic rings. The number of aromatic nitrogens is 1. The maximum Gasteiger partial charge on any atom is 0.416 e. The van der Waals surface area contributed by atoms with Gasteiger partial charge in [0.1, 0.15) is 17.2 Å². The largest absolute Gasteiger partial charge is 0.416 e. The quantitative estimate of drug-likeness (QED) is 0.578. The van der Waals surface area contributed by atoms with Crippen LogP contribution in [0.1, 0.15) is 49.0 Å². The number of carbonyl (C=O) groups excluding carboxylic acids is 3.